The van der Waals surface area contributed by atoms with Crippen molar-refractivity contribution in [1.82, 2.24) is 20.2 Å². The number of amides is 1. The van der Waals surface area contributed by atoms with Crippen LogP contribution in [-0.2, 0) is 15.4 Å². The molecule has 0 bridgehead atoms. The molecule has 3 aromatic rings. The molecule has 1 aliphatic rings. The van der Waals surface area contributed by atoms with Gasteiger partial charge < -0.3 is 24.6 Å². The zero-order valence-electron chi connectivity index (χ0n) is 25.9. The maximum absolute atomic E-state index is 12.9. The van der Waals surface area contributed by atoms with Crippen molar-refractivity contribution < 1.29 is 18.5 Å². The second-order valence-corrected chi connectivity index (χ2v) is 13.9. The zero-order chi connectivity index (χ0) is 30.1. The number of ether oxygens (including phenoxy) is 2. The number of nitrogens with one attached hydrogen (secondary N) is 1. The molecule has 1 aromatic heterocycles. The van der Waals surface area contributed by atoms with Gasteiger partial charge in [0.15, 0.2) is 4.75 Å². The summed E-state index contributed by atoms with van der Waals surface area (Å²) in [5, 5.41) is 3.02. The lowest BCUT2D eigenvalue weighted by molar-refractivity contribution is 0.0946. The van der Waals surface area contributed by atoms with Crippen molar-refractivity contribution >= 4 is 39.5 Å². The minimum atomic E-state index is -0.210. The molecule has 228 valence electrons. The van der Waals surface area contributed by atoms with Crippen LogP contribution in [0.2, 0.25) is 0 Å². The number of likely N-dealkylation sites (tertiary alicyclic amines) is 1. The van der Waals surface area contributed by atoms with Gasteiger partial charge in [-0.2, -0.15) is 4.18 Å². The molecule has 10 heteroatoms. The lowest BCUT2D eigenvalue weighted by atomic mass is 10.1. The summed E-state index contributed by atoms with van der Waals surface area (Å²) in [5.74, 6) is 1.19. The van der Waals surface area contributed by atoms with Gasteiger partial charge >= 0.3 is 0 Å². The first kappa shape index (κ1) is 31.8. The van der Waals surface area contributed by atoms with Gasteiger partial charge in [0.2, 0.25) is 0 Å². The van der Waals surface area contributed by atoms with E-state index in [9.17, 15) is 4.79 Å². The lowest BCUT2D eigenvalue weighted by Crippen LogP contribution is -2.33. The number of carbonyl (C=O) groups is 1. The normalized spacial score (nSPS) is 14.9. The highest BCUT2D eigenvalue weighted by Gasteiger charge is 2.32. The van der Waals surface area contributed by atoms with E-state index in [0.29, 0.717) is 42.4 Å². The van der Waals surface area contributed by atoms with Crippen molar-refractivity contribution in [2.45, 2.75) is 51.2 Å². The number of carbonyl (C=O) groups excluding carboxylic acids is 1. The van der Waals surface area contributed by atoms with Crippen LogP contribution in [0.15, 0.2) is 42.6 Å². The summed E-state index contributed by atoms with van der Waals surface area (Å²) in [6.45, 7) is 11.6. The van der Waals surface area contributed by atoms with E-state index in [1.165, 1.54) is 19.3 Å². The average molecular weight is 597 g/mol. The maximum atomic E-state index is 12.9. The van der Waals surface area contributed by atoms with Crippen LogP contribution >= 0.6 is 0 Å². The van der Waals surface area contributed by atoms with Crippen molar-refractivity contribution in [2.75, 3.05) is 64.7 Å². The molecule has 1 amide bonds. The van der Waals surface area contributed by atoms with Crippen LogP contribution in [0.4, 0.5) is 11.4 Å². The van der Waals surface area contributed by atoms with Crippen molar-refractivity contribution in [3.05, 3.63) is 48.3 Å². The summed E-state index contributed by atoms with van der Waals surface area (Å²) < 4.78 is 17.4. The van der Waals surface area contributed by atoms with Gasteiger partial charge in [-0.3, -0.25) is 9.78 Å². The number of methoxy groups -OCH3 is 2. The first-order valence-electron chi connectivity index (χ1n) is 14.8. The topological polar surface area (TPSA) is 89.0 Å². The Morgan fingerprint density at radius 1 is 1.00 bits per heavy atom. The number of benzene rings is 2. The number of aromatic nitrogens is 2. The SMILES string of the molecule is COc1cc(OC)cc(N(CCO[S+](C)C(C)(C)C)c2ccc3ncc(C(=O)NCCCN4CCCCC4)nc3c2)c1. The van der Waals surface area contributed by atoms with Gasteiger partial charge in [0, 0.05) is 36.1 Å². The first-order valence-corrected chi connectivity index (χ1v) is 16.3. The average Bonchev–Trinajstić information content (AvgIpc) is 3.00. The number of fused-ring (bicyclic) bond motifs is 1. The third kappa shape index (κ3) is 8.72. The van der Waals surface area contributed by atoms with E-state index in [2.05, 4.69) is 47.1 Å². The van der Waals surface area contributed by atoms with Crippen molar-refractivity contribution in [3.63, 3.8) is 0 Å². The largest absolute Gasteiger partial charge is 0.497 e. The molecule has 0 radical (unpaired) electrons. The Morgan fingerprint density at radius 2 is 1.71 bits per heavy atom. The molecule has 42 heavy (non-hydrogen) atoms. The molecule has 1 N–H and O–H groups in total. The Balaban J connectivity index is 1.53. The minimum absolute atomic E-state index is 0.0626. The van der Waals surface area contributed by atoms with Crippen molar-refractivity contribution in [2.24, 2.45) is 0 Å². The predicted octanol–water partition coefficient (Wildman–Crippen LogP) is 5.37. The summed E-state index contributed by atoms with van der Waals surface area (Å²) in [6.07, 6.45) is 8.47. The summed E-state index contributed by atoms with van der Waals surface area (Å²) >= 11 is -0.210. The Hall–Kier alpha value is -3.08. The molecule has 1 fully saturated rings. The molecule has 0 saturated carbocycles. The Kier molecular flexibility index (Phi) is 11.3. The lowest BCUT2D eigenvalue weighted by Gasteiger charge is -2.26. The van der Waals surface area contributed by atoms with Crippen molar-refractivity contribution in [3.8, 4) is 11.5 Å². The van der Waals surface area contributed by atoms with E-state index < -0.39 is 0 Å². The molecule has 1 atom stereocenters. The highest BCUT2D eigenvalue weighted by Crippen LogP contribution is 2.34. The molecule has 9 nitrogen and oxygen atoms in total. The van der Waals surface area contributed by atoms with Gasteiger partial charge in [-0.15, -0.1) is 0 Å². The van der Waals surface area contributed by atoms with Crippen LogP contribution in [-0.4, -0.2) is 85.3 Å². The molecule has 1 aliphatic heterocycles. The number of anilines is 2. The fraction of sp³-hybridized carbons (Fsp3) is 0.531. The van der Waals surface area contributed by atoms with Crippen LogP contribution in [0.25, 0.3) is 11.0 Å². The molecular formula is C32H46N5O4S+. The third-order valence-electron chi connectivity index (χ3n) is 7.54. The Morgan fingerprint density at radius 3 is 2.38 bits per heavy atom. The van der Waals surface area contributed by atoms with Gasteiger partial charge in [-0.1, -0.05) is 6.42 Å². The van der Waals surface area contributed by atoms with Crippen LogP contribution in [0.5, 0.6) is 11.5 Å². The predicted molar refractivity (Wildman–Crippen MR) is 172 cm³/mol. The molecule has 1 unspecified atom stereocenters. The number of hydrogen-bond acceptors (Lipinski definition) is 8. The van der Waals surface area contributed by atoms with Gasteiger partial charge in [0.1, 0.15) is 41.2 Å². The highest BCUT2D eigenvalue weighted by atomic mass is 32.2. The van der Waals surface area contributed by atoms with E-state index in [-0.39, 0.29) is 21.8 Å². The van der Waals surface area contributed by atoms with Crippen LogP contribution in [0.3, 0.4) is 0 Å². The summed E-state index contributed by atoms with van der Waals surface area (Å²) in [7, 11) is 3.29. The smallest absolute Gasteiger partial charge is 0.271 e. The Labute approximate surface area is 253 Å². The quantitative estimate of drug-likeness (QED) is 0.208. The fourth-order valence-corrected chi connectivity index (χ4v) is 5.52. The number of hydrogen-bond donors (Lipinski definition) is 1. The molecule has 0 aliphatic carbocycles. The van der Waals surface area contributed by atoms with E-state index in [1.54, 1.807) is 20.4 Å². The van der Waals surface area contributed by atoms with E-state index in [1.807, 2.05) is 36.4 Å². The van der Waals surface area contributed by atoms with E-state index in [0.717, 1.165) is 42.9 Å². The van der Waals surface area contributed by atoms with Crippen LogP contribution < -0.4 is 19.7 Å². The van der Waals surface area contributed by atoms with Crippen molar-refractivity contribution in [1.29, 1.82) is 0 Å². The van der Waals surface area contributed by atoms with Crippen LogP contribution in [0.1, 0.15) is 56.9 Å². The maximum Gasteiger partial charge on any atom is 0.271 e. The molecule has 1 saturated heterocycles. The van der Waals surface area contributed by atoms with Crippen LogP contribution in [0, 0.1) is 0 Å². The third-order valence-corrected chi connectivity index (χ3v) is 9.79. The van der Waals surface area contributed by atoms with E-state index in [4.69, 9.17) is 18.6 Å². The molecular weight excluding hydrogens is 550 g/mol. The molecule has 4 rings (SSSR count). The van der Waals surface area contributed by atoms with Gasteiger partial charge in [0.25, 0.3) is 5.91 Å². The number of nitrogens with zero attached hydrogens (tertiary/aromatic N) is 4. The first-order chi connectivity index (χ1) is 20.2. The Bertz CT molecular complexity index is 1300. The minimum Gasteiger partial charge on any atom is -0.497 e. The fourth-order valence-electron chi connectivity index (χ4n) is 4.84. The molecule has 2 aromatic carbocycles. The zero-order valence-corrected chi connectivity index (χ0v) is 26.8. The van der Waals surface area contributed by atoms with Gasteiger partial charge in [-0.05, 0) is 77.9 Å². The second kappa shape index (κ2) is 14.9. The summed E-state index contributed by atoms with van der Waals surface area (Å²) in [6, 6.07) is 11.7. The van der Waals surface area contributed by atoms with E-state index >= 15 is 0 Å². The van der Waals surface area contributed by atoms with Gasteiger partial charge in [-0.25, -0.2) is 4.98 Å². The second-order valence-electron chi connectivity index (χ2n) is 11.6. The molecule has 2 heterocycles. The monoisotopic (exact) mass is 596 g/mol. The molecule has 0 spiro atoms. The standard InChI is InChI=1S/C32H45N5O4S/c1-32(2,3)42(6)41-18-17-37(25-19-26(39-4)22-27(20-25)40-5)24-11-12-28-29(21-24)35-30(23-34-28)31(38)33-13-10-16-36-14-8-7-9-15-36/h11-12,19-23H,7-10,13-18H2,1-6H3/p+1. The van der Waals surface area contributed by atoms with Gasteiger partial charge in [0.05, 0.1) is 38.0 Å². The number of piperidine rings is 1. The number of rotatable bonds is 13. The highest BCUT2D eigenvalue weighted by molar-refractivity contribution is 7.93. The summed E-state index contributed by atoms with van der Waals surface area (Å²) in [5.41, 5.74) is 3.50. The summed E-state index contributed by atoms with van der Waals surface area (Å²) in [4.78, 5) is 26.8.